The molecule has 0 radical (unpaired) electrons. The van der Waals surface area contributed by atoms with Crippen LogP contribution in [-0.4, -0.2) is 20.3 Å². The van der Waals surface area contributed by atoms with Crippen molar-refractivity contribution in [2.45, 2.75) is 26.3 Å². The summed E-state index contributed by atoms with van der Waals surface area (Å²) in [6.45, 7) is 2.02. The van der Waals surface area contributed by atoms with Crippen molar-refractivity contribution < 1.29 is 9.53 Å². The molecule has 0 fully saturated rings. The molecule has 0 amide bonds. The predicted molar refractivity (Wildman–Crippen MR) is 137 cm³/mol. The number of carbonyl (C=O) groups is 1. The normalized spacial score (nSPS) is 10.5. The number of rotatable bonds is 9. The van der Waals surface area contributed by atoms with Crippen LogP contribution in [0.2, 0.25) is 5.02 Å². The zero-order chi connectivity index (χ0) is 25.5. The number of hydrogen-bond acceptors (Lipinski definition) is 7. The summed E-state index contributed by atoms with van der Waals surface area (Å²) in [6.07, 6.45) is 1.83. The monoisotopic (exact) mass is 499 g/mol. The number of nitrogens with zero attached hydrogens (tertiary/aromatic N) is 4. The third-order valence-electron chi connectivity index (χ3n) is 5.33. The lowest BCUT2D eigenvalue weighted by Gasteiger charge is -2.15. The first-order valence-electron chi connectivity index (χ1n) is 11.2. The van der Waals surface area contributed by atoms with Crippen molar-refractivity contribution in [3.63, 3.8) is 0 Å². The maximum Gasteiger partial charge on any atom is 0.258 e. The Morgan fingerprint density at radius 2 is 1.86 bits per heavy atom. The minimum atomic E-state index is -0.285. The van der Waals surface area contributed by atoms with Crippen molar-refractivity contribution in [2.24, 2.45) is 0 Å². The van der Waals surface area contributed by atoms with Gasteiger partial charge in [0.2, 0.25) is 11.8 Å². The van der Waals surface area contributed by atoms with Gasteiger partial charge in [0.1, 0.15) is 23.3 Å². The summed E-state index contributed by atoms with van der Waals surface area (Å²) < 4.78 is 7.22. The number of aromatic nitrogens is 3. The van der Waals surface area contributed by atoms with E-state index in [9.17, 15) is 9.59 Å². The van der Waals surface area contributed by atoms with Gasteiger partial charge in [0.05, 0.1) is 6.54 Å². The van der Waals surface area contributed by atoms with E-state index in [1.807, 2.05) is 18.2 Å². The molecule has 36 heavy (non-hydrogen) atoms. The topological polar surface area (TPSA) is 110 Å². The Morgan fingerprint density at radius 1 is 1.11 bits per heavy atom. The maximum atomic E-state index is 13.3. The molecule has 2 heterocycles. The van der Waals surface area contributed by atoms with Crippen molar-refractivity contribution in [1.29, 1.82) is 5.26 Å². The van der Waals surface area contributed by atoms with Crippen LogP contribution in [0.3, 0.4) is 0 Å². The van der Waals surface area contributed by atoms with Crippen LogP contribution < -0.4 is 15.6 Å². The number of ether oxygens (including phenoxy) is 1. The second kappa shape index (κ2) is 11.3. The highest BCUT2D eigenvalue weighted by Gasteiger charge is 2.14. The van der Waals surface area contributed by atoms with Crippen LogP contribution in [0, 0.1) is 11.3 Å². The molecule has 8 nitrogen and oxygen atoms in total. The molecule has 0 saturated carbocycles. The van der Waals surface area contributed by atoms with E-state index in [1.165, 1.54) is 10.8 Å². The van der Waals surface area contributed by atoms with Crippen molar-refractivity contribution in [1.82, 2.24) is 14.5 Å². The molecule has 0 unspecified atom stereocenters. The average Bonchev–Trinajstić information content (AvgIpc) is 2.90. The van der Waals surface area contributed by atoms with Crippen LogP contribution in [-0.2, 0) is 17.8 Å². The first-order chi connectivity index (χ1) is 17.4. The van der Waals surface area contributed by atoms with Crippen molar-refractivity contribution in [3.8, 4) is 17.7 Å². The van der Waals surface area contributed by atoms with Gasteiger partial charge in [-0.3, -0.25) is 14.2 Å². The standard InChI is InChI=1S/C27H22ClN5O3/c1-2-23(34)14-19-16-30-27(33(26(19)35)17-18-6-8-20(28)9-7-18)32-21-10-12-24(13-11-21)36-25-5-3-4-22(15-29)31-25/h3-13,16H,2,14,17H2,1H3,(H,30,32). The number of benzene rings is 2. The molecule has 0 saturated heterocycles. The van der Waals surface area contributed by atoms with Gasteiger partial charge in [-0.1, -0.05) is 36.7 Å². The van der Waals surface area contributed by atoms with Gasteiger partial charge < -0.3 is 10.1 Å². The zero-order valence-corrected chi connectivity index (χ0v) is 20.2. The van der Waals surface area contributed by atoms with Gasteiger partial charge in [0.15, 0.2) is 0 Å². The first-order valence-corrected chi connectivity index (χ1v) is 11.6. The fourth-order valence-electron chi connectivity index (χ4n) is 3.40. The summed E-state index contributed by atoms with van der Waals surface area (Å²) in [5.41, 5.74) is 1.86. The van der Waals surface area contributed by atoms with Gasteiger partial charge in [0, 0.05) is 41.4 Å². The van der Waals surface area contributed by atoms with Crippen molar-refractivity contribution in [2.75, 3.05) is 5.32 Å². The van der Waals surface area contributed by atoms with Gasteiger partial charge in [-0.15, -0.1) is 0 Å². The van der Waals surface area contributed by atoms with E-state index in [1.54, 1.807) is 61.5 Å². The van der Waals surface area contributed by atoms with E-state index < -0.39 is 0 Å². The summed E-state index contributed by atoms with van der Waals surface area (Å²) in [5, 5.41) is 12.8. The molecule has 4 aromatic rings. The number of hydrogen-bond donors (Lipinski definition) is 1. The molecular formula is C27H22ClN5O3. The Bertz CT molecular complexity index is 1480. The predicted octanol–water partition coefficient (Wildman–Crippen LogP) is 5.27. The Kier molecular flexibility index (Phi) is 7.73. The fourth-order valence-corrected chi connectivity index (χ4v) is 3.53. The van der Waals surface area contributed by atoms with Crippen LogP contribution in [0.5, 0.6) is 11.6 Å². The molecule has 0 aliphatic carbocycles. The number of carbonyl (C=O) groups excluding carboxylic acids is 1. The lowest BCUT2D eigenvalue weighted by molar-refractivity contribution is -0.118. The van der Waals surface area contributed by atoms with Crippen LogP contribution in [0.25, 0.3) is 0 Å². The van der Waals surface area contributed by atoms with E-state index in [4.69, 9.17) is 21.6 Å². The molecule has 9 heteroatoms. The van der Waals surface area contributed by atoms with Gasteiger partial charge in [-0.05, 0) is 48.0 Å². The summed E-state index contributed by atoms with van der Waals surface area (Å²) >= 11 is 6.00. The highest BCUT2D eigenvalue weighted by atomic mass is 35.5. The lowest BCUT2D eigenvalue weighted by Crippen LogP contribution is -2.28. The second-order valence-electron chi connectivity index (χ2n) is 7.92. The minimum absolute atomic E-state index is 0.0296. The number of ketones is 1. The lowest BCUT2D eigenvalue weighted by atomic mass is 10.1. The Labute approximate surface area is 212 Å². The number of nitriles is 1. The summed E-state index contributed by atoms with van der Waals surface area (Å²) in [5.74, 6) is 1.14. The first kappa shape index (κ1) is 24.6. The SMILES string of the molecule is CCC(=O)Cc1cnc(Nc2ccc(Oc3cccc(C#N)n3)cc2)n(Cc2ccc(Cl)cc2)c1=O. The average molecular weight is 500 g/mol. The quantitative estimate of drug-likeness (QED) is 0.334. The maximum absolute atomic E-state index is 13.3. The molecule has 0 aliphatic rings. The van der Waals surface area contributed by atoms with Crippen LogP contribution >= 0.6 is 11.6 Å². The summed E-state index contributed by atoms with van der Waals surface area (Å²) in [6, 6.07) is 21.1. The molecule has 2 aromatic heterocycles. The molecule has 0 spiro atoms. The van der Waals surface area contributed by atoms with E-state index in [2.05, 4.69) is 15.3 Å². The third kappa shape index (κ3) is 6.14. The summed E-state index contributed by atoms with van der Waals surface area (Å²) in [4.78, 5) is 33.8. The largest absolute Gasteiger partial charge is 0.439 e. The zero-order valence-electron chi connectivity index (χ0n) is 19.4. The fraction of sp³-hybridized carbons (Fsp3) is 0.148. The molecule has 2 aromatic carbocycles. The van der Waals surface area contributed by atoms with E-state index >= 15 is 0 Å². The molecule has 180 valence electrons. The second-order valence-corrected chi connectivity index (χ2v) is 8.35. The molecular weight excluding hydrogens is 478 g/mol. The number of halogens is 1. The Morgan fingerprint density at radius 3 is 2.56 bits per heavy atom. The van der Waals surface area contributed by atoms with Crippen molar-refractivity contribution in [3.05, 3.63) is 105 Å². The van der Waals surface area contributed by atoms with Gasteiger partial charge in [-0.2, -0.15) is 5.26 Å². The number of Topliss-reactive ketones (excluding diaryl/α,β-unsaturated/α-hetero) is 1. The summed E-state index contributed by atoms with van der Waals surface area (Å²) in [7, 11) is 0. The molecule has 0 aliphatic heterocycles. The number of nitrogens with one attached hydrogen (secondary N) is 1. The Balaban J connectivity index is 1.59. The van der Waals surface area contributed by atoms with E-state index in [0.29, 0.717) is 40.3 Å². The van der Waals surface area contributed by atoms with E-state index in [-0.39, 0.29) is 30.0 Å². The van der Waals surface area contributed by atoms with Gasteiger partial charge in [-0.25, -0.2) is 9.97 Å². The molecule has 4 rings (SSSR count). The molecule has 1 N–H and O–H groups in total. The number of anilines is 2. The van der Waals surface area contributed by atoms with Crippen molar-refractivity contribution >= 4 is 29.0 Å². The van der Waals surface area contributed by atoms with Crippen LogP contribution in [0.1, 0.15) is 30.2 Å². The Hall–Kier alpha value is -4.48. The smallest absolute Gasteiger partial charge is 0.258 e. The minimum Gasteiger partial charge on any atom is -0.439 e. The van der Waals surface area contributed by atoms with Crippen LogP contribution in [0.4, 0.5) is 11.6 Å². The molecule has 0 atom stereocenters. The van der Waals surface area contributed by atoms with Crippen LogP contribution in [0.15, 0.2) is 77.7 Å². The van der Waals surface area contributed by atoms with E-state index in [0.717, 1.165) is 5.56 Å². The third-order valence-corrected chi connectivity index (χ3v) is 5.58. The highest BCUT2D eigenvalue weighted by molar-refractivity contribution is 6.30. The highest BCUT2D eigenvalue weighted by Crippen LogP contribution is 2.23. The van der Waals surface area contributed by atoms with Gasteiger partial charge >= 0.3 is 0 Å². The molecule has 0 bridgehead atoms. The van der Waals surface area contributed by atoms with Gasteiger partial charge in [0.25, 0.3) is 5.56 Å². The number of pyridine rings is 1.